The van der Waals surface area contributed by atoms with Crippen LogP contribution < -0.4 is 19.8 Å². The molecule has 3 amide bonds. The summed E-state index contributed by atoms with van der Waals surface area (Å²) in [7, 11) is 0. The second-order valence-electron chi connectivity index (χ2n) is 13.2. The van der Waals surface area contributed by atoms with Gasteiger partial charge in [-0.2, -0.15) is 0 Å². The summed E-state index contributed by atoms with van der Waals surface area (Å²) in [5.41, 5.74) is 3.48. The van der Waals surface area contributed by atoms with Gasteiger partial charge in [-0.1, -0.05) is 77.6 Å². The maximum Gasteiger partial charge on any atom is 0.305 e. The molecule has 8 nitrogen and oxygen atoms in total. The number of benzene rings is 4. The number of aromatic nitrogens is 1. The summed E-state index contributed by atoms with van der Waals surface area (Å²) in [6, 6.07) is 29.0. The quantitative estimate of drug-likeness (QED) is 0.197. The molecule has 2 aliphatic heterocycles. The van der Waals surface area contributed by atoms with E-state index in [9.17, 15) is 19.2 Å². The van der Waals surface area contributed by atoms with Crippen molar-refractivity contribution in [3.8, 4) is 5.75 Å². The first-order valence-corrected chi connectivity index (χ1v) is 17.9. The number of hydrogen-bond donors (Lipinski definition) is 2. The molecule has 0 spiro atoms. The highest BCUT2D eigenvalue weighted by Gasteiger charge is 2.69. The molecule has 0 radical (unpaired) electrons. The summed E-state index contributed by atoms with van der Waals surface area (Å²) in [5.74, 6) is -0.453. The zero-order valence-electron chi connectivity index (χ0n) is 25.9. The lowest BCUT2D eigenvalue weighted by Crippen LogP contribution is -2.42. The number of nitrogens with one attached hydrogen (secondary N) is 2. The molecule has 4 aromatic carbocycles. The van der Waals surface area contributed by atoms with E-state index < -0.39 is 0 Å². The molecule has 2 N–H and O–H groups in total. The Labute approximate surface area is 284 Å². The van der Waals surface area contributed by atoms with Crippen molar-refractivity contribution in [3.63, 3.8) is 0 Å². The lowest BCUT2D eigenvalue weighted by Gasteiger charge is -2.43. The van der Waals surface area contributed by atoms with Crippen molar-refractivity contribution >= 4 is 63.0 Å². The first-order valence-electron chi connectivity index (χ1n) is 16.2. The monoisotopic (exact) mass is 673 g/mol. The number of amides is 3. The van der Waals surface area contributed by atoms with Gasteiger partial charge >= 0.3 is 4.87 Å². The molecule has 7 atom stereocenters. The van der Waals surface area contributed by atoms with Crippen LogP contribution in [0, 0.1) is 36.5 Å². The number of nitrogens with zero attached hydrogens (tertiary/aromatic N) is 1. The Kier molecular flexibility index (Phi) is 6.88. The number of hydrogen-bond acceptors (Lipinski definition) is 7. The standard InChI is InChI=1S/C38H31N3O5S2/c1-19-9-13-22(14-10-19)41-36(43)31-25-17-26(32(31)37(41)44)33-30(25)29(34-35(47-33)40-38(45)48-34)21-11-15-23(16-12-21)46-18-28(42)39-27-8-4-6-20-5-2-3-7-24(20)27/h2-16,25-26,29-33H,17-18H2,1H3,(H,39,42)(H,40,45)/t25-,26-,29-,30?,31?,32?,33?/m1/s1. The van der Waals surface area contributed by atoms with Gasteiger partial charge in [0.25, 0.3) is 5.91 Å². The number of thioether (sulfide) groups is 1. The molecule has 240 valence electrons. The molecular weight excluding hydrogens is 643 g/mol. The zero-order valence-corrected chi connectivity index (χ0v) is 27.6. The summed E-state index contributed by atoms with van der Waals surface area (Å²) in [6.45, 7) is 1.84. The minimum Gasteiger partial charge on any atom is -0.484 e. The smallest absolute Gasteiger partial charge is 0.305 e. The molecule has 3 fully saturated rings. The Hall–Kier alpha value is -4.67. The lowest BCUT2D eigenvalue weighted by molar-refractivity contribution is -0.123. The van der Waals surface area contributed by atoms with Gasteiger partial charge < -0.3 is 15.0 Å². The number of anilines is 2. The van der Waals surface area contributed by atoms with E-state index in [1.54, 1.807) is 11.8 Å². The first-order chi connectivity index (χ1) is 23.4. The lowest BCUT2D eigenvalue weighted by atomic mass is 9.68. The SMILES string of the molecule is Cc1ccc(N2C(=O)C3C(C2=O)[C@@H]2C[C@H]3C3Sc4[nH]c(=O)sc4[C@H](c4ccc(OCC(=O)Nc5cccc6ccccc56)cc4)C32)cc1. The molecule has 3 heterocycles. The van der Waals surface area contributed by atoms with Crippen molar-refractivity contribution in [2.45, 2.75) is 29.5 Å². The second-order valence-corrected chi connectivity index (χ2v) is 15.4. The minimum absolute atomic E-state index is 0.0356. The van der Waals surface area contributed by atoms with E-state index in [2.05, 4.69) is 10.3 Å². The highest BCUT2D eigenvalue weighted by Crippen LogP contribution is 2.68. The topological polar surface area (TPSA) is 109 Å². The minimum atomic E-state index is -0.353. The summed E-state index contributed by atoms with van der Waals surface area (Å²) in [5, 5.41) is 5.96. The molecule has 4 unspecified atom stereocenters. The average molecular weight is 674 g/mol. The number of H-pyrrole nitrogens is 1. The average Bonchev–Trinajstić information content (AvgIpc) is 3.83. The molecule has 2 bridgehead atoms. The van der Waals surface area contributed by atoms with E-state index in [-0.39, 0.29) is 70.0 Å². The molecule has 1 aromatic heterocycles. The third-order valence-corrected chi connectivity index (χ3v) is 13.3. The molecule has 1 saturated heterocycles. The Morgan fingerprint density at radius 1 is 0.896 bits per heavy atom. The Morgan fingerprint density at radius 2 is 1.62 bits per heavy atom. The largest absolute Gasteiger partial charge is 0.484 e. The number of imide groups is 1. The normalized spacial score (nSPS) is 26.8. The van der Waals surface area contributed by atoms with Crippen LogP contribution >= 0.6 is 23.1 Å². The van der Waals surface area contributed by atoms with Gasteiger partial charge in [0.1, 0.15) is 5.75 Å². The van der Waals surface area contributed by atoms with Crippen LogP contribution in [0.15, 0.2) is 101 Å². The fraction of sp³-hybridized carbons (Fsp3) is 0.263. The molecular formula is C38H31N3O5S2. The van der Waals surface area contributed by atoms with Crippen LogP contribution in [0.1, 0.15) is 28.3 Å². The number of rotatable bonds is 6. The van der Waals surface area contributed by atoms with Crippen molar-refractivity contribution in [2.24, 2.45) is 29.6 Å². The van der Waals surface area contributed by atoms with Crippen LogP contribution in [0.5, 0.6) is 5.75 Å². The molecule has 2 saturated carbocycles. The fourth-order valence-corrected chi connectivity index (χ4v) is 11.7. The number of carbonyl (C=O) groups is 3. The van der Waals surface area contributed by atoms with Crippen molar-refractivity contribution in [2.75, 3.05) is 16.8 Å². The van der Waals surface area contributed by atoms with Crippen molar-refractivity contribution in [1.82, 2.24) is 4.98 Å². The van der Waals surface area contributed by atoms with Gasteiger partial charge in [0, 0.05) is 27.1 Å². The van der Waals surface area contributed by atoms with Crippen LogP contribution in [0.2, 0.25) is 0 Å². The van der Waals surface area contributed by atoms with E-state index >= 15 is 0 Å². The summed E-state index contributed by atoms with van der Waals surface area (Å²) in [4.78, 5) is 58.7. The molecule has 4 aliphatic rings. The Bertz CT molecular complexity index is 2170. The van der Waals surface area contributed by atoms with Crippen LogP contribution in [-0.4, -0.2) is 34.6 Å². The van der Waals surface area contributed by atoms with Crippen LogP contribution in [-0.2, 0) is 14.4 Å². The van der Waals surface area contributed by atoms with Gasteiger partial charge in [-0.25, -0.2) is 0 Å². The van der Waals surface area contributed by atoms with E-state index in [4.69, 9.17) is 4.74 Å². The number of carbonyl (C=O) groups excluding carboxylic acids is 3. The van der Waals surface area contributed by atoms with Gasteiger partial charge in [0.15, 0.2) is 6.61 Å². The highest BCUT2D eigenvalue weighted by atomic mass is 32.2. The molecule has 2 aliphatic carbocycles. The number of thiazole rings is 1. The number of aryl methyl sites for hydroxylation is 1. The summed E-state index contributed by atoms with van der Waals surface area (Å²) in [6.07, 6.45) is 0.833. The Balaban J connectivity index is 0.966. The number of fused-ring (bicyclic) bond motifs is 10. The van der Waals surface area contributed by atoms with E-state index in [1.807, 2.05) is 97.9 Å². The van der Waals surface area contributed by atoms with Crippen molar-refractivity contribution < 1.29 is 19.1 Å². The van der Waals surface area contributed by atoms with E-state index in [0.717, 1.165) is 43.9 Å². The molecule has 10 heteroatoms. The van der Waals surface area contributed by atoms with Gasteiger partial charge in [-0.3, -0.25) is 24.1 Å². The van der Waals surface area contributed by atoms with Crippen molar-refractivity contribution in [3.05, 3.63) is 117 Å². The fourth-order valence-electron chi connectivity index (χ4n) is 8.78. The number of aromatic amines is 1. The third kappa shape index (κ3) is 4.57. The van der Waals surface area contributed by atoms with Crippen LogP contribution in [0.25, 0.3) is 10.8 Å². The number of ether oxygens (including phenoxy) is 1. The third-order valence-electron chi connectivity index (χ3n) is 10.7. The maximum absolute atomic E-state index is 14.0. The molecule has 9 rings (SSSR count). The van der Waals surface area contributed by atoms with Gasteiger partial charge in [-0.15, -0.1) is 11.8 Å². The predicted octanol–water partition coefficient (Wildman–Crippen LogP) is 6.59. The Morgan fingerprint density at radius 3 is 2.42 bits per heavy atom. The van der Waals surface area contributed by atoms with E-state index in [1.165, 1.54) is 16.2 Å². The van der Waals surface area contributed by atoms with Gasteiger partial charge in [0.05, 0.1) is 22.5 Å². The predicted molar refractivity (Wildman–Crippen MR) is 187 cm³/mol. The van der Waals surface area contributed by atoms with Gasteiger partial charge in [-0.05, 0) is 72.4 Å². The highest BCUT2D eigenvalue weighted by molar-refractivity contribution is 8.00. The molecule has 48 heavy (non-hydrogen) atoms. The second kappa shape index (κ2) is 11.2. The van der Waals surface area contributed by atoms with Gasteiger partial charge in [0.2, 0.25) is 11.8 Å². The van der Waals surface area contributed by atoms with Crippen molar-refractivity contribution in [1.29, 1.82) is 0 Å². The first kappa shape index (κ1) is 29.5. The van der Waals surface area contributed by atoms with Crippen LogP contribution in [0.4, 0.5) is 11.4 Å². The summed E-state index contributed by atoms with van der Waals surface area (Å²) < 4.78 is 5.89. The van der Waals surface area contributed by atoms with Crippen LogP contribution in [0.3, 0.4) is 0 Å². The van der Waals surface area contributed by atoms with E-state index in [0.29, 0.717) is 11.4 Å². The summed E-state index contributed by atoms with van der Waals surface area (Å²) >= 11 is 2.92. The zero-order chi connectivity index (χ0) is 32.7. The maximum atomic E-state index is 14.0. The molecule has 5 aromatic rings.